The summed E-state index contributed by atoms with van der Waals surface area (Å²) in [6.07, 6.45) is 0.285. The lowest BCUT2D eigenvalue weighted by atomic mass is 10.00. The van der Waals surface area contributed by atoms with Gasteiger partial charge in [0, 0.05) is 8.95 Å². The minimum Gasteiger partial charge on any atom is -0.480 e. The van der Waals surface area contributed by atoms with E-state index in [1.807, 2.05) is 6.07 Å². The zero-order chi connectivity index (χ0) is 14.6. The van der Waals surface area contributed by atoms with Gasteiger partial charge in [-0.25, -0.2) is 9.59 Å². The molecule has 0 aliphatic carbocycles. The maximum atomic E-state index is 11.9. The normalized spacial score (nSPS) is 13.5. The summed E-state index contributed by atoms with van der Waals surface area (Å²) < 4.78 is 1.40. The number of benzene rings is 1. The average molecular weight is 394 g/mol. The van der Waals surface area contributed by atoms with Gasteiger partial charge in [-0.15, -0.1) is 0 Å². The van der Waals surface area contributed by atoms with Gasteiger partial charge < -0.3 is 15.7 Å². The number of anilines is 1. The molecule has 1 aromatic rings. The molecule has 1 aromatic carbocycles. The number of para-hydroxylation sites is 1. The second kappa shape index (κ2) is 6.38. The lowest BCUT2D eigenvalue weighted by Crippen LogP contribution is -2.53. The summed E-state index contributed by atoms with van der Waals surface area (Å²) in [4.78, 5) is 23.0. The molecular formula is C12H14Br2N2O3. The highest BCUT2D eigenvalue weighted by molar-refractivity contribution is 9.11. The van der Waals surface area contributed by atoms with Crippen LogP contribution in [0, 0.1) is 0 Å². The highest BCUT2D eigenvalue weighted by Crippen LogP contribution is 2.30. The number of carbonyl (C=O) groups is 2. The highest BCUT2D eigenvalue weighted by atomic mass is 79.9. The number of nitrogens with one attached hydrogen (secondary N) is 2. The Morgan fingerprint density at radius 3 is 2.26 bits per heavy atom. The summed E-state index contributed by atoms with van der Waals surface area (Å²) >= 11 is 6.62. The largest absolute Gasteiger partial charge is 0.480 e. The van der Waals surface area contributed by atoms with Crippen molar-refractivity contribution in [3.63, 3.8) is 0 Å². The zero-order valence-electron chi connectivity index (χ0n) is 10.5. The molecule has 104 valence electrons. The standard InChI is InChI=1S/C12H14Br2N2O3/c1-3-12(2,10(17)18)16-11(19)15-9-7(13)5-4-6-8(9)14/h4-6H,3H2,1-2H3,(H,17,18)(H2,15,16,19). The topological polar surface area (TPSA) is 78.4 Å². The Morgan fingerprint density at radius 2 is 1.84 bits per heavy atom. The third kappa shape index (κ3) is 3.94. The monoisotopic (exact) mass is 392 g/mol. The van der Waals surface area contributed by atoms with Gasteiger partial charge in [0.25, 0.3) is 0 Å². The van der Waals surface area contributed by atoms with Gasteiger partial charge in [-0.2, -0.15) is 0 Å². The minimum atomic E-state index is -1.29. The van der Waals surface area contributed by atoms with E-state index in [0.717, 1.165) is 0 Å². The molecule has 1 rings (SSSR count). The van der Waals surface area contributed by atoms with Crippen LogP contribution in [0.25, 0.3) is 0 Å². The number of aliphatic carboxylic acids is 1. The second-order valence-corrected chi connectivity index (χ2v) is 5.88. The predicted molar refractivity (Wildman–Crippen MR) is 80.3 cm³/mol. The van der Waals surface area contributed by atoms with Gasteiger partial charge in [0.2, 0.25) is 0 Å². The number of urea groups is 1. The Kier molecular flexibility index (Phi) is 5.37. The van der Waals surface area contributed by atoms with Crippen molar-refractivity contribution in [2.24, 2.45) is 0 Å². The van der Waals surface area contributed by atoms with Gasteiger partial charge in [-0.05, 0) is 57.3 Å². The molecule has 0 saturated carbocycles. The van der Waals surface area contributed by atoms with Crippen molar-refractivity contribution in [1.82, 2.24) is 5.32 Å². The molecule has 3 N–H and O–H groups in total. The van der Waals surface area contributed by atoms with Crippen molar-refractivity contribution in [3.05, 3.63) is 27.1 Å². The van der Waals surface area contributed by atoms with Crippen molar-refractivity contribution in [3.8, 4) is 0 Å². The Balaban J connectivity index is 2.84. The van der Waals surface area contributed by atoms with E-state index in [-0.39, 0.29) is 6.42 Å². The van der Waals surface area contributed by atoms with Crippen LogP contribution in [0.1, 0.15) is 20.3 Å². The number of rotatable bonds is 4. The van der Waals surface area contributed by atoms with Crippen molar-refractivity contribution < 1.29 is 14.7 Å². The first-order valence-corrected chi connectivity index (χ1v) is 7.15. The van der Waals surface area contributed by atoms with Crippen LogP contribution < -0.4 is 10.6 Å². The molecule has 0 fully saturated rings. The van der Waals surface area contributed by atoms with E-state index in [2.05, 4.69) is 42.5 Å². The van der Waals surface area contributed by atoms with Gasteiger partial charge >= 0.3 is 12.0 Å². The van der Waals surface area contributed by atoms with Crippen LogP contribution in [0.3, 0.4) is 0 Å². The second-order valence-electron chi connectivity index (χ2n) is 4.17. The number of amides is 2. The summed E-state index contributed by atoms with van der Waals surface area (Å²) in [6, 6.07) is 4.79. The van der Waals surface area contributed by atoms with Crippen molar-refractivity contribution >= 4 is 49.5 Å². The molecule has 2 amide bonds. The van der Waals surface area contributed by atoms with E-state index in [0.29, 0.717) is 14.6 Å². The fourth-order valence-electron chi connectivity index (χ4n) is 1.31. The number of carboxylic acid groups (broad SMARTS) is 1. The van der Waals surface area contributed by atoms with E-state index in [4.69, 9.17) is 5.11 Å². The molecular weight excluding hydrogens is 380 g/mol. The van der Waals surface area contributed by atoms with Crippen LogP contribution in [0.2, 0.25) is 0 Å². The van der Waals surface area contributed by atoms with E-state index in [1.165, 1.54) is 6.92 Å². The molecule has 0 heterocycles. The SMILES string of the molecule is CCC(C)(NC(=O)Nc1c(Br)cccc1Br)C(=O)O. The number of halogens is 2. The van der Waals surface area contributed by atoms with Gasteiger partial charge in [-0.1, -0.05) is 13.0 Å². The summed E-state index contributed by atoms with van der Waals surface area (Å²) in [7, 11) is 0. The molecule has 0 aliphatic heterocycles. The highest BCUT2D eigenvalue weighted by Gasteiger charge is 2.32. The van der Waals surface area contributed by atoms with E-state index >= 15 is 0 Å². The Bertz CT molecular complexity index is 487. The third-order valence-corrected chi connectivity index (χ3v) is 4.09. The lowest BCUT2D eigenvalue weighted by Gasteiger charge is -2.25. The van der Waals surface area contributed by atoms with Crippen molar-refractivity contribution in [2.75, 3.05) is 5.32 Å². The van der Waals surface area contributed by atoms with E-state index in [1.54, 1.807) is 19.1 Å². The maximum absolute atomic E-state index is 11.9. The number of carbonyl (C=O) groups excluding carboxylic acids is 1. The Morgan fingerprint density at radius 1 is 1.32 bits per heavy atom. The Hall–Kier alpha value is -1.08. The molecule has 0 radical (unpaired) electrons. The molecule has 5 nitrogen and oxygen atoms in total. The number of hydrogen-bond acceptors (Lipinski definition) is 2. The van der Waals surface area contributed by atoms with E-state index in [9.17, 15) is 9.59 Å². The maximum Gasteiger partial charge on any atom is 0.329 e. The molecule has 0 saturated heterocycles. The van der Waals surface area contributed by atoms with Gasteiger partial charge in [0.1, 0.15) is 5.54 Å². The third-order valence-electron chi connectivity index (χ3n) is 2.77. The van der Waals surface area contributed by atoms with Crippen LogP contribution in [0.15, 0.2) is 27.1 Å². The molecule has 0 bridgehead atoms. The van der Waals surface area contributed by atoms with Gasteiger partial charge in [-0.3, -0.25) is 0 Å². The van der Waals surface area contributed by atoms with Gasteiger partial charge in [0.15, 0.2) is 0 Å². The first-order chi connectivity index (χ1) is 8.80. The molecule has 0 aromatic heterocycles. The van der Waals surface area contributed by atoms with Crippen LogP contribution >= 0.6 is 31.9 Å². The summed E-state index contributed by atoms with van der Waals surface area (Å²) in [5.41, 5.74) is -0.749. The van der Waals surface area contributed by atoms with Crippen LogP contribution in [0.4, 0.5) is 10.5 Å². The lowest BCUT2D eigenvalue weighted by molar-refractivity contribution is -0.143. The molecule has 7 heteroatoms. The molecule has 1 atom stereocenters. The summed E-state index contributed by atoms with van der Waals surface area (Å²) in [5.74, 6) is -1.07. The first-order valence-electron chi connectivity index (χ1n) is 5.56. The Labute approximate surface area is 128 Å². The smallest absolute Gasteiger partial charge is 0.329 e. The van der Waals surface area contributed by atoms with Crippen molar-refractivity contribution in [1.29, 1.82) is 0 Å². The van der Waals surface area contributed by atoms with Crippen LogP contribution in [-0.4, -0.2) is 22.6 Å². The number of hydrogen-bond donors (Lipinski definition) is 3. The molecule has 0 aliphatic rings. The zero-order valence-corrected chi connectivity index (χ0v) is 13.6. The van der Waals surface area contributed by atoms with E-state index < -0.39 is 17.5 Å². The average Bonchev–Trinajstić information content (AvgIpc) is 2.33. The summed E-state index contributed by atoms with van der Waals surface area (Å²) in [6.45, 7) is 3.16. The quantitative estimate of drug-likeness (QED) is 0.731. The molecule has 19 heavy (non-hydrogen) atoms. The number of carboxylic acids is 1. The first kappa shape index (κ1) is 16.0. The molecule has 0 spiro atoms. The predicted octanol–water partition coefficient (Wildman–Crippen LogP) is 3.59. The van der Waals surface area contributed by atoms with Gasteiger partial charge in [0.05, 0.1) is 5.69 Å². The fourth-order valence-corrected chi connectivity index (χ4v) is 2.50. The van der Waals surface area contributed by atoms with Crippen molar-refractivity contribution in [2.45, 2.75) is 25.8 Å². The van der Waals surface area contributed by atoms with Crippen LogP contribution in [-0.2, 0) is 4.79 Å². The molecule has 1 unspecified atom stereocenters. The van der Waals surface area contributed by atoms with Crippen LogP contribution in [0.5, 0.6) is 0 Å². The summed E-state index contributed by atoms with van der Waals surface area (Å²) in [5, 5.41) is 14.2. The minimum absolute atomic E-state index is 0.285. The fraction of sp³-hybridized carbons (Fsp3) is 0.333.